The van der Waals surface area contributed by atoms with Crippen LogP contribution in [0.5, 0.6) is 0 Å². The molecule has 3 aromatic rings. The van der Waals surface area contributed by atoms with Crippen molar-refractivity contribution in [1.82, 2.24) is 10.3 Å². The Kier molecular flexibility index (Phi) is 6.17. The van der Waals surface area contributed by atoms with Crippen molar-refractivity contribution in [2.45, 2.75) is 13.0 Å². The summed E-state index contributed by atoms with van der Waals surface area (Å²) >= 11 is 0. The third kappa shape index (κ3) is 4.83. The van der Waals surface area contributed by atoms with Crippen molar-refractivity contribution in [3.05, 3.63) is 108 Å². The summed E-state index contributed by atoms with van der Waals surface area (Å²) in [5.74, 6) is -0.451. The number of nitriles is 1. The molecule has 5 nitrogen and oxygen atoms in total. The molecule has 0 radical (unpaired) electrons. The fourth-order valence-corrected chi connectivity index (χ4v) is 2.72. The van der Waals surface area contributed by atoms with Gasteiger partial charge in [-0.1, -0.05) is 60.7 Å². The zero-order valence-corrected chi connectivity index (χ0v) is 15.5. The van der Waals surface area contributed by atoms with E-state index in [4.69, 9.17) is 0 Å². The van der Waals surface area contributed by atoms with E-state index in [1.54, 1.807) is 6.20 Å². The summed E-state index contributed by atoms with van der Waals surface area (Å²) in [4.78, 5) is 16.9. The van der Waals surface area contributed by atoms with Gasteiger partial charge >= 0.3 is 0 Å². The average molecular weight is 368 g/mol. The molecule has 0 unspecified atom stereocenters. The van der Waals surface area contributed by atoms with E-state index in [2.05, 4.69) is 15.6 Å². The first-order chi connectivity index (χ1) is 13.7. The van der Waals surface area contributed by atoms with Crippen LogP contribution >= 0.6 is 0 Å². The highest BCUT2D eigenvalue weighted by Gasteiger charge is 2.19. The minimum Gasteiger partial charge on any atom is -0.359 e. The largest absolute Gasteiger partial charge is 0.359 e. The predicted octanol–water partition coefficient (Wildman–Crippen LogP) is 4.12. The van der Waals surface area contributed by atoms with Crippen LogP contribution in [0.15, 0.2) is 90.8 Å². The molecule has 0 spiro atoms. The number of hydrogen-bond donors (Lipinski definition) is 2. The van der Waals surface area contributed by atoms with Gasteiger partial charge in [0.2, 0.25) is 0 Å². The van der Waals surface area contributed by atoms with Gasteiger partial charge in [0.15, 0.2) is 0 Å². The van der Waals surface area contributed by atoms with E-state index in [-0.39, 0.29) is 11.6 Å². The van der Waals surface area contributed by atoms with Gasteiger partial charge in [-0.25, -0.2) is 0 Å². The van der Waals surface area contributed by atoms with Crippen molar-refractivity contribution in [2.75, 3.05) is 5.32 Å². The van der Waals surface area contributed by atoms with E-state index in [0.29, 0.717) is 5.69 Å². The van der Waals surface area contributed by atoms with Gasteiger partial charge in [0.05, 0.1) is 17.9 Å². The van der Waals surface area contributed by atoms with Crippen molar-refractivity contribution in [3.63, 3.8) is 0 Å². The topological polar surface area (TPSA) is 77.8 Å². The Morgan fingerprint density at radius 2 is 1.61 bits per heavy atom. The summed E-state index contributed by atoms with van der Waals surface area (Å²) in [5.41, 5.74) is 3.46. The third-order valence-electron chi connectivity index (χ3n) is 4.20. The van der Waals surface area contributed by atoms with Gasteiger partial charge < -0.3 is 10.6 Å². The highest BCUT2D eigenvalue weighted by molar-refractivity contribution is 5.98. The Hall–Kier alpha value is -3.91. The lowest BCUT2D eigenvalue weighted by molar-refractivity contribution is -0.117. The first-order valence-electron chi connectivity index (χ1n) is 8.87. The normalized spacial score (nSPS) is 11.0. The maximum atomic E-state index is 12.7. The van der Waals surface area contributed by atoms with Crippen molar-refractivity contribution in [2.24, 2.45) is 0 Å². The van der Waals surface area contributed by atoms with Crippen LogP contribution in [0.4, 0.5) is 5.69 Å². The number of amides is 1. The van der Waals surface area contributed by atoms with Gasteiger partial charge in [0, 0.05) is 11.9 Å². The number of hydrogen-bond acceptors (Lipinski definition) is 4. The van der Waals surface area contributed by atoms with Gasteiger partial charge in [-0.3, -0.25) is 9.78 Å². The second-order valence-corrected chi connectivity index (χ2v) is 6.23. The number of anilines is 1. The van der Waals surface area contributed by atoms with Crippen molar-refractivity contribution in [1.29, 1.82) is 5.26 Å². The van der Waals surface area contributed by atoms with E-state index < -0.39 is 5.91 Å². The Morgan fingerprint density at radius 3 is 2.11 bits per heavy atom. The first kappa shape index (κ1) is 18.9. The van der Waals surface area contributed by atoms with Crippen molar-refractivity contribution < 1.29 is 4.79 Å². The fourth-order valence-electron chi connectivity index (χ4n) is 2.72. The van der Waals surface area contributed by atoms with Crippen LogP contribution in [-0.4, -0.2) is 10.9 Å². The number of aromatic nitrogens is 1. The summed E-state index contributed by atoms with van der Waals surface area (Å²) in [5, 5.41) is 15.3. The Morgan fingerprint density at radius 1 is 1.00 bits per heavy atom. The highest BCUT2D eigenvalue weighted by atomic mass is 16.1. The molecule has 28 heavy (non-hydrogen) atoms. The monoisotopic (exact) mass is 368 g/mol. The van der Waals surface area contributed by atoms with E-state index in [1.807, 2.05) is 85.8 Å². The Labute approximate surface area is 164 Å². The molecule has 1 aromatic heterocycles. The first-order valence-corrected chi connectivity index (χ1v) is 8.87. The minimum atomic E-state index is -0.451. The lowest BCUT2D eigenvalue weighted by Crippen LogP contribution is -2.30. The van der Waals surface area contributed by atoms with E-state index in [0.717, 1.165) is 16.8 Å². The fraction of sp³-hybridized carbons (Fsp3) is 0.0870. The molecule has 2 N–H and O–H groups in total. The van der Waals surface area contributed by atoms with Crippen LogP contribution < -0.4 is 10.6 Å². The maximum Gasteiger partial charge on any atom is 0.264 e. The molecule has 1 amide bonds. The van der Waals surface area contributed by atoms with Crippen molar-refractivity contribution in [3.8, 4) is 6.07 Å². The number of benzene rings is 2. The number of nitrogens with zero attached hydrogens (tertiary/aromatic N) is 2. The van der Waals surface area contributed by atoms with Crippen LogP contribution in [-0.2, 0) is 4.79 Å². The molecule has 0 saturated heterocycles. The lowest BCUT2D eigenvalue weighted by Gasteiger charge is -2.19. The molecule has 2 aromatic carbocycles. The van der Waals surface area contributed by atoms with Crippen LogP contribution in [0.1, 0.15) is 22.9 Å². The predicted molar refractivity (Wildman–Crippen MR) is 109 cm³/mol. The van der Waals surface area contributed by atoms with E-state index in [1.165, 1.54) is 6.20 Å². The van der Waals surface area contributed by atoms with Crippen LogP contribution in [0.25, 0.3) is 0 Å². The zero-order valence-electron chi connectivity index (χ0n) is 15.5. The van der Waals surface area contributed by atoms with Gasteiger partial charge in [-0.05, 0) is 30.2 Å². The lowest BCUT2D eigenvalue weighted by atomic mass is 9.98. The van der Waals surface area contributed by atoms with Gasteiger partial charge in [0.1, 0.15) is 11.6 Å². The number of nitrogens with one attached hydrogen (secondary N) is 2. The quantitative estimate of drug-likeness (QED) is 0.507. The summed E-state index contributed by atoms with van der Waals surface area (Å²) in [6, 6.07) is 24.6. The molecular weight excluding hydrogens is 348 g/mol. The van der Waals surface area contributed by atoms with E-state index in [9.17, 15) is 10.1 Å². The molecule has 0 fully saturated rings. The summed E-state index contributed by atoms with van der Waals surface area (Å²) < 4.78 is 0. The van der Waals surface area contributed by atoms with Crippen LogP contribution in [0, 0.1) is 18.3 Å². The summed E-state index contributed by atoms with van der Waals surface area (Å²) in [6.45, 7) is 1.89. The molecule has 138 valence electrons. The summed E-state index contributed by atoms with van der Waals surface area (Å²) in [7, 11) is 0. The molecule has 0 atom stereocenters. The highest BCUT2D eigenvalue weighted by Crippen LogP contribution is 2.22. The van der Waals surface area contributed by atoms with E-state index >= 15 is 0 Å². The van der Waals surface area contributed by atoms with Gasteiger partial charge in [-0.2, -0.15) is 5.26 Å². The molecule has 1 heterocycles. The molecule has 0 aliphatic carbocycles. The second kappa shape index (κ2) is 9.15. The number of rotatable bonds is 6. The Balaban J connectivity index is 1.81. The molecule has 3 rings (SSSR count). The third-order valence-corrected chi connectivity index (χ3v) is 4.20. The molecular formula is C23H20N4O. The average Bonchev–Trinajstić information content (AvgIpc) is 2.75. The molecule has 0 aliphatic heterocycles. The standard InChI is InChI=1S/C23H20N4O/c1-17-12-13-21(16-25-17)26-15-20(14-24)23(28)27-22(18-8-4-2-5-9-18)19-10-6-3-7-11-19/h2-13,15-16,22,26H,1H3,(H,27,28)/b20-15-. The minimum absolute atomic E-state index is 0.0163. The Bertz CT molecular complexity index is 951. The van der Waals surface area contributed by atoms with Crippen LogP contribution in [0.3, 0.4) is 0 Å². The zero-order chi connectivity index (χ0) is 19.8. The smallest absolute Gasteiger partial charge is 0.264 e. The number of carbonyl (C=O) groups is 1. The maximum absolute atomic E-state index is 12.7. The summed E-state index contributed by atoms with van der Waals surface area (Å²) in [6.07, 6.45) is 3.05. The van der Waals surface area contributed by atoms with Gasteiger partial charge in [-0.15, -0.1) is 0 Å². The molecule has 0 aliphatic rings. The number of aryl methyl sites for hydroxylation is 1. The second-order valence-electron chi connectivity index (χ2n) is 6.23. The number of carbonyl (C=O) groups excluding carboxylic acids is 1. The molecule has 0 bridgehead atoms. The SMILES string of the molecule is Cc1ccc(N/C=C(/C#N)C(=O)NC(c2ccccc2)c2ccccc2)cn1. The molecule has 0 saturated carbocycles. The van der Waals surface area contributed by atoms with Crippen LogP contribution in [0.2, 0.25) is 0 Å². The van der Waals surface area contributed by atoms with Gasteiger partial charge in [0.25, 0.3) is 5.91 Å². The number of pyridine rings is 1. The van der Waals surface area contributed by atoms with Crippen molar-refractivity contribution >= 4 is 11.6 Å². The molecule has 5 heteroatoms.